The number of hydrogen-bond donors (Lipinski definition) is 0. The third-order valence-corrected chi connectivity index (χ3v) is 8.17. The molecule has 24 heavy (non-hydrogen) atoms. The van der Waals surface area contributed by atoms with Crippen LogP contribution in [-0.2, 0) is 13.3 Å². The molecule has 9 heteroatoms. The van der Waals surface area contributed by atoms with Gasteiger partial charge in [-0.3, -0.25) is 0 Å². The van der Waals surface area contributed by atoms with E-state index in [2.05, 4.69) is 33.8 Å². The molecule has 0 saturated carbocycles. The minimum absolute atomic E-state index is 0.216. The molecule has 1 aliphatic heterocycles. The van der Waals surface area contributed by atoms with E-state index >= 15 is 0 Å². The van der Waals surface area contributed by atoms with Crippen molar-refractivity contribution < 1.29 is 13.3 Å². The Kier molecular flexibility index (Phi) is 11.6. The molecule has 1 atom stereocenters. The monoisotopic (exact) mass is 389 g/mol. The second-order valence-electron chi connectivity index (χ2n) is 4.86. The summed E-state index contributed by atoms with van der Waals surface area (Å²) < 4.78 is 17.8. The first-order chi connectivity index (χ1) is 11.7. The molecule has 2 rings (SSSR count). The predicted octanol–water partition coefficient (Wildman–Crippen LogP) is 4.27. The quantitative estimate of drug-likeness (QED) is 0.458. The molecule has 1 aliphatic rings. The highest BCUT2D eigenvalue weighted by Crippen LogP contribution is 2.28. The summed E-state index contributed by atoms with van der Waals surface area (Å²) in [4.78, 5) is 0. The van der Waals surface area contributed by atoms with Crippen molar-refractivity contribution in [2.75, 3.05) is 19.0 Å². The molecule has 0 aromatic carbocycles. The second-order valence-corrected chi connectivity index (χ2v) is 9.85. The Hall–Kier alpha value is -0.453. The van der Waals surface area contributed by atoms with Crippen LogP contribution in [0.3, 0.4) is 0 Å². The fourth-order valence-electron chi connectivity index (χ4n) is 2.05. The smallest absolute Gasteiger partial charge is 0.374 e. The summed E-state index contributed by atoms with van der Waals surface area (Å²) in [6.45, 7) is 9.11. The van der Waals surface area contributed by atoms with Crippen molar-refractivity contribution in [1.82, 2.24) is 15.4 Å². The Morgan fingerprint density at radius 2 is 2.00 bits per heavy atom. The van der Waals surface area contributed by atoms with Gasteiger partial charge in [-0.15, -0.1) is 10.2 Å². The summed E-state index contributed by atoms with van der Waals surface area (Å²) in [5, 5.41) is 13.4. The van der Waals surface area contributed by atoms with Gasteiger partial charge in [0.2, 0.25) is 0 Å². The molecule has 2 heterocycles. The molecular weight excluding hydrogens is 362 g/mol. The molecule has 0 aliphatic carbocycles. The van der Waals surface area contributed by atoms with Gasteiger partial charge in [0.15, 0.2) is 0 Å². The Bertz CT molecular complexity index is 446. The van der Waals surface area contributed by atoms with Gasteiger partial charge in [-0.2, -0.15) is 0 Å². The molecule has 1 unspecified atom stereocenters. The van der Waals surface area contributed by atoms with E-state index in [0.717, 1.165) is 18.2 Å². The van der Waals surface area contributed by atoms with Crippen LogP contribution in [0, 0.1) is 0 Å². The topological polar surface area (TPSA) is 66.4 Å². The zero-order valence-corrected chi connectivity index (χ0v) is 17.4. The van der Waals surface area contributed by atoms with Crippen molar-refractivity contribution in [3.63, 3.8) is 0 Å². The molecule has 1 aromatic rings. The van der Waals surface area contributed by atoms with Gasteiger partial charge in [0.25, 0.3) is 0 Å². The summed E-state index contributed by atoms with van der Waals surface area (Å²) in [7, 11) is 1.06. The van der Waals surface area contributed by atoms with Gasteiger partial charge in [0.05, 0.1) is 18.0 Å². The largest absolute Gasteiger partial charge is 0.501 e. The van der Waals surface area contributed by atoms with Crippen LogP contribution in [-0.4, -0.2) is 43.2 Å². The van der Waals surface area contributed by atoms with Crippen LogP contribution in [0.25, 0.3) is 0 Å². The molecule has 0 fully saturated rings. The van der Waals surface area contributed by atoms with Crippen LogP contribution in [0.1, 0.15) is 45.9 Å². The summed E-state index contributed by atoms with van der Waals surface area (Å²) in [6.07, 6.45) is 4.51. The second kappa shape index (κ2) is 12.8. The van der Waals surface area contributed by atoms with Crippen molar-refractivity contribution in [3.8, 4) is 0 Å². The van der Waals surface area contributed by atoms with E-state index in [1.54, 1.807) is 12.3 Å². The van der Waals surface area contributed by atoms with Gasteiger partial charge in [-0.05, 0) is 37.5 Å². The van der Waals surface area contributed by atoms with Crippen molar-refractivity contribution >= 4 is 30.4 Å². The van der Waals surface area contributed by atoms with Gasteiger partial charge in [-0.25, -0.2) is 0 Å². The summed E-state index contributed by atoms with van der Waals surface area (Å²) in [6, 6.07) is 2.60. The third kappa shape index (κ3) is 8.08. The lowest BCUT2D eigenvalue weighted by Gasteiger charge is -2.31. The van der Waals surface area contributed by atoms with E-state index in [0.29, 0.717) is 13.2 Å². The van der Waals surface area contributed by atoms with E-state index in [9.17, 15) is 0 Å². The minimum atomic E-state index is -2.63. The Morgan fingerprint density at radius 3 is 2.42 bits per heavy atom. The SMILES string of the molecule is C1=CSSC1.CCC[Si](OCC)(OCC)OC(C)c1ccnnn1. The fourth-order valence-corrected chi connectivity index (χ4v) is 6.40. The molecule has 0 spiro atoms. The number of aromatic nitrogens is 3. The lowest BCUT2D eigenvalue weighted by atomic mass is 10.3. The van der Waals surface area contributed by atoms with E-state index in [-0.39, 0.29) is 6.10 Å². The van der Waals surface area contributed by atoms with Crippen LogP contribution in [0.2, 0.25) is 6.04 Å². The van der Waals surface area contributed by atoms with Crippen molar-refractivity contribution in [2.45, 2.75) is 46.3 Å². The highest BCUT2D eigenvalue weighted by atomic mass is 33.1. The summed E-state index contributed by atoms with van der Waals surface area (Å²) in [5.74, 6) is 1.20. The first-order valence-electron chi connectivity index (χ1n) is 8.20. The number of hydrogen-bond acceptors (Lipinski definition) is 8. The van der Waals surface area contributed by atoms with Gasteiger partial charge >= 0.3 is 8.80 Å². The first-order valence-corrected chi connectivity index (χ1v) is 12.5. The van der Waals surface area contributed by atoms with E-state index in [1.165, 1.54) is 5.75 Å². The molecule has 0 amide bonds. The van der Waals surface area contributed by atoms with Crippen molar-refractivity contribution in [2.24, 2.45) is 0 Å². The lowest BCUT2D eigenvalue weighted by molar-refractivity contribution is 0.0359. The van der Waals surface area contributed by atoms with Crippen molar-refractivity contribution in [3.05, 3.63) is 29.4 Å². The first kappa shape index (κ1) is 21.6. The highest BCUT2D eigenvalue weighted by Gasteiger charge is 2.41. The Morgan fingerprint density at radius 1 is 1.25 bits per heavy atom. The molecule has 0 N–H and O–H groups in total. The molecule has 1 aromatic heterocycles. The number of nitrogens with zero attached hydrogens (tertiary/aromatic N) is 3. The van der Waals surface area contributed by atoms with Crippen LogP contribution in [0.4, 0.5) is 0 Å². The fraction of sp³-hybridized carbons (Fsp3) is 0.667. The normalized spacial score (nSPS) is 15.0. The average Bonchev–Trinajstić information content (AvgIpc) is 3.16. The summed E-state index contributed by atoms with van der Waals surface area (Å²) in [5.41, 5.74) is 0.738. The molecular formula is C15H27N3O3S2Si. The zero-order chi connectivity index (χ0) is 17.7. The third-order valence-electron chi connectivity index (χ3n) is 2.97. The summed E-state index contributed by atoms with van der Waals surface area (Å²) >= 11 is 0. The highest BCUT2D eigenvalue weighted by molar-refractivity contribution is 8.78. The Labute approximate surface area is 153 Å². The predicted molar refractivity (Wildman–Crippen MR) is 103 cm³/mol. The van der Waals surface area contributed by atoms with E-state index in [4.69, 9.17) is 13.3 Å². The maximum absolute atomic E-state index is 6.11. The van der Waals surface area contributed by atoms with E-state index in [1.807, 2.05) is 42.4 Å². The van der Waals surface area contributed by atoms with Gasteiger partial charge in [0.1, 0.15) is 0 Å². The average molecular weight is 390 g/mol. The Balaban J connectivity index is 0.000000488. The molecule has 6 nitrogen and oxygen atoms in total. The molecule has 136 valence electrons. The molecule has 0 saturated heterocycles. The van der Waals surface area contributed by atoms with Crippen LogP contribution in [0.5, 0.6) is 0 Å². The van der Waals surface area contributed by atoms with Crippen LogP contribution in [0.15, 0.2) is 23.7 Å². The standard InChI is InChI=1S/C12H23N3O3Si.C3H4S2/c1-5-10-19(16-6-2,17-7-3)18-11(4)12-8-9-13-15-14-12;1-2-4-5-3-1/h8-9,11H,5-7,10H2,1-4H3;1-2H,3H2. The van der Waals surface area contributed by atoms with Crippen LogP contribution >= 0.6 is 21.6 Å². The molecule has 0 bridgehead atoms. The zero-order valence-electron chi connectivity index (χ0n) is 14.8. The van der Waals surface area contributed by atoms with Gasteiger partial charge in [-0.1, -0.05) is 41.0 Å². The lowest BCUT2D eigenvalue weighted by Crippen LogP contribution is -2.46. The maximum atomic E-state index is 6.11. The maximum Gasteiger partial charge on any atom is 0.501 e. The van der Waals surface area contributed by atoms with E-state index < -0.39 is 8.80 Å². The van der Waals surface area contributed by atoms with Gasteiger partial charge in [0, 0.05) is 25.0 Å². The van der Waals surface area contributed by atoms with Gasteiger partial charge < -0.3 is 13.3 Å². The minimum Gasteiger partial charge on any atom is -0.374 e. The number of rotatable bonds is 9. The van der Waals surface area contributed by atoms with Crippen LogP contribution < -0.4 is 0 Å². The van der Waals surface area contributed by atoms with Crippen molar-refractivity contribution in [1.29, 1.82) is 0 Å². The molecule has 0 radical (unpaired) electrons.